The van der Waals surface area contributed by atoms with Crippen LogP contribution in [0.1, 0.15) is 43.0 Å². The predicted octanol–water partition coefficient (Wildman–Crippen LogP) is 3.18. The second-order valence-corrected chi connectivity index (χ2v) is 4.51. The Morgan fingerprint density at radius 1 is 1.20 bits per heavy atom. The Labute approximate surface area is 119 Å². The molecule has 0 heterocycles. The topological polar surface area (TPSA) is 67.4 Å². The minimum atomic E-state index is -0.423. The van der Waals surface area contributed by atoms with Gasteiger partial charge in [0.05, 0.1) is 12.7 Å². The Bertz CT molecular complexity index is 446. The number of unbranched alkanes of at least 4 members (excludes halogenated alkanes) is 3. The van der Waals surface area contributed by atoms with Crippen LogP contribution in [0.4, 0.5) is 10.5 Å². The summed E-state index contributed by atoms with van der Waals surface area (Å²) in [4.78, 5) is 23.0. The summed E-state index contributed by atoms with van der Waals surface area (Å²) in [6.45, 7) is 2.80. The van der Waals surface area contributed by atoms with E-state index in [9.17, 15) is 9.59 Å². The number of carbonyl (C=O) groups is 2. The molecule has 5 nitrogen and oxygen atoms in total. The van der Waals surface area contributed by atoms with Crippen molar-refractivity contribution in [2.24, 2.45) is 0 Å². The molecule has 0 aliphatic rings. The normalized spacial score (nSPS) is 9.90. The number of hydrogen-bond acceptors (Lipinski definition) is 3. The van der Waals surface area contributed by atoms with E-state index in [0.717, 1.165) is 12.8 Å². The number of nitrogens with one attached hydrogen (secondary N) is 2. The van der Waals surface area contributed by atoms with Gasteiger partial charge in [0, 0.05) is 12.2 Å². The van der Waals surface area contributed by atoms with E-state index in [1.165, 1.54) is 20.0 Å². The second-order valence-electron chi connectivity index (χ2n) is 4.51. The highest BCUT2D eigenvalue weighted by atomic mass is 16.5. The van der Waals surface area contributed by atoms with Crippen LogP contribution in [0.15, 0.2) is 24.3 Å². The third-order valence-electron chi connectivity index (χ3n) is 2.86. The van der Waals surface area contributed by atoms with Gasteiger partial charge in [-0.2, -0.15) is 0 Å². The van der Waals surface area contributed by atoms with E-state index in [4.69, 9.17) is 0 Å². The van der Waals surface area contributed by atoms with Crippen LogP contribution in [0.2, 0.25) is 0 Å². The predicted molar refractivity (Wildman–Crippen MR) is 78.9 cm³/mol. The Morgan fingerprint density at radius 3 is 2.70 bits per heavy atom. The summed E-state index contributed by atoms with van der Waals surface area (Å²) < 4.78 is 4.63. The first-order valence-corrected chi connectivity index (χ1v) is 6.90. The third kappa shape index (κ3) is 5.73. The highest BCUT2D eigenvalue weighted by molar-refractivity contribution is 5.93. The van der Waals surface area contributed by atoms with E-state index in [1.54, 1.807) is 24.3 Å². The zero-order chi connectivity index (χ0) is 14.8. The van der Waals surface area contributed by atoms with E-state index in [2.05, 4.69) is 22.3 Å². The number of methoxy groups -OCH3 is 1. The molecule has 20 heavy (non-hydrogen) atoms. The summed E-state index contributed by atoms with van der Waals surface area (Å²) in [5.41, 5.74) is 0.979. The molecule has 0 bridgehead atoms. The lowest BCUT2D eigenvalue weighted by atomic mass is 10.2. The van der Waals surface area contributed by atoms with Gasteiger partial charge in [-0.25, -0.2) is 9.59 Å². The number of anilines is 1. The Hall–Kier alpha value is -2.04. The molecule has 0 saturated heterocycles. The molecule has 110 valence electrons. The Balaban J connectivity index is 2.40. The van der Waals surface area contributed by atoms with Crippen LogP contribution in [-0.4, -0.2) is 25.7 Å². The van der Waals surface area contributed by atoms with Gasteiger partial charge in [0.1, 0.15) is 0 Å². The molecule has 0 atom stereocenters. The van der Waals surface area contributed by atoms with Crippen molar-refractivity contribution in [3.63, 3.8) is 0 Å². The fourth-order valence-electron chi connectivity index (χ4n) is 1.77. The molecular formula is C15H22N2O3. The Kier molecular flexibility index (Phi) is 7.17. The van der Waals surface area contributed by atoms with Crippen molar-refractivity contribution in [2.75, 3.05) is 19.0 Å². The lowest BCUT2D eigenvalue weighted by Crippen LogP contribution is -2.29. The first-order chi connectivity index (χ1) is 9.67. The van der Waals surface area contributed by atoms with Crippen LogP contribution in [-0.2, 0) is 4.74 Å². The lowest BCUT2D eigenvalue weighted by Gasteiger charge is -2.08. The van der Waals surface area contributed by atoms with Crippen LogP contribution < -0.4 is 10.6 Å². The zero-order valence-electron chi connectivity index (χ0n) is 12.1. The molecule has 1 aromatic carbocycles. The monoisotopic (exact) mass is 278 g/mol. The average molecular weight is 278 g/mol. The summed E-state index contributed by atoms with van der Waals surface area (Å²) >= 11 is 0. The molecule has 2 amide bonds. The van der Waals surface area contributed by atoms with E-state index >= 15 is 0 Å². The molecule has 1 aromatic rings. The number of amides is 2. The standard InChI is InChI=1S/C15H22N2O3/c1-3-4-5-6-10-16-15(19)17-13-9-7-8-12(11-13)14(18)20-2/h7-9,11H,3-6,10H2,1-2H3,(H2,16,17,19). The molecule has 0 saturated carbocycles. The van der Waals surface area contributed by atoms with Gasteiger partial charge in [0.2, 0.25) is 0 Å². The molecule has 0 spiro atoms. The number of ether oxygens (including phenoxy) is 1. The minimum Gasteiger partial charge on any atom is -0.465 e. The van der Waals surface area contributed by atoms with Gasteiger partial charge in [-0.15, -0.1) is 0 Å². The van der Waals surface area contributed by atoms with Crippen molar-refractivity contribution >= 4 is 17.7 Å². The minimum absolute atomic E-state index is 0.261. The Morgan fingerprint density at radius 2 is 2.00 bits per heavy atom. The van der Waals surface area contributed by atoms with Gasteiger partial charge in [-0.3, -0.25) is 0 Å². The molecule has 0 aliphatic heterocycles. The molecule has 0 unspecified atom stereocenters. The van der Waals surface area contributed by atoms with E-state index in [-0.39, 0.29) is 6.03 Å². The van der Waals surface area contributed by atoms with Gasteiger partial charge in [0.15, 0.2) is 0 Å². The maximum absolute atomic E-state index is 11.7. The lowest BCUT2D eigenvalue weighted by molar-refractivity contribution is 0.0600. The number of hydrogen-bond donors (Lipinski definition) is 2. The number of carbonyl (C=O) groups excluding carboxylic acids is 2. The van der Waals surface area contributed by atoms with Gasteiger partial charge < -0.3 is 15.4 Å². The second kappa shape index (κ2) is 8.96. The summed E-state index contributed by atoms with van der Waals surface area (Å²) in [5, 5.41) is 5.48. The van der Waals surface area contributed by atoms with Crippen molar-refractivity contribution in [2.45, 2.75) is 32.6 Å². The van der Waals surface area contributed by atoms with E-state index in [0.29, 0.717) is 17.8 Å². The fraction of sp³-hybridized carbons (Fsp3) is 0.467. The van der Waals surface area contributed by atoms with Gasteiger partial charge in [-0.05, 0) is 24.6 Å². The third-order valence-corrected chi connectivity index (χ3v) is 2.86. The molecule has 1 rings (SSSR count). The number of urea groups is 1. The molecule has 0 aliphatic carbocycles. The molecule has 0 aromatic heterocycles. The number of rotatable bonds is 7. The van der Waals surface area contributed by atoms with Crippen molar-refractivity contribution in [1.82, 2.24) is 5.32 Å². The smallest absolute Gasteiger partial charge is 0.337 e. The van der Waals surface area contributed by atoms with Gasteiger partial charge >= 0.3 is 12.0 Å². The molecule has 2 N–H and O–H groups in total. The SMILES string of the molecule is CCCCCCNC(=O)Nc1cccc(C(=O)OC)c1. The zero-order valence-corrected chi connectivity index (χ0v) is 12.1. The van der Waals surface area contributed by atoms with Crippen LogP contribution in [0.3, 0.4) is 0 Å². The summed E-state index contributed by atoms with van der Waals surface area (Å²) in [7, 11) is 1.32. The highest BCUT2D eigenvalue weighted by Crippen LogP contribution is 2.11. The van der Waals surface area contributed by atoms with Crippen LogP contribution in [0, 0.1) is 0 Å². The van der Waals surface area contributed by atoms with Crippen LogP contribution in [0.5, 0.6) is 0 Å². The maximum Gasteiger partial charge on any atom is 0.337 e. The van der Waals surface area contributed by atoms with E-state index in [1.807, 2.05) is 0 Å². The quantitative estimate of drug-likeness (QED) is 0.594. The van der Waals surface area contributed by atoms with Crippen molar-refractivity contribution < 1.29 is 14.3 Å². The summed E-state index contributed by atoms with van der Waals surface area (Å²) in [6.07, 6.45) is 4.45. The number of benzene rings is 1. The number of esters is 1. The van der Waals surface area contributed by atoms with Crippen molar-refractivity contribution in [1.29, 1.82) is 0 Å². The van der Waals surface area contributed by atoms with E-state index < -0.39 is 5.97 Å². The summed E-state index contributed by atoms with van der Waals surface area (Å²) in [5.74, 6) is -0.423. The molecule has 0 radical (unpaired) electrons. The summed E-state index contributed by atoms with van der Waals surface area (Å²) in [6, 6.07) is 6.39. The molecular weight excluding hydrogens is 256 g/mol. The van der Waals surface area contributed by atoms with Crippen molar-refractivity contribution in [3.05, 3.63) is 29.8 Å². The largest absolute Gasteiger partial charge is 0.465 e. The van der Waals surface area contributed by atoms with Gasteiger partial charge in [-0.1, -0.05) is 32.3 Å². The van der Waals surface area contributed by atoms with Crippen LogP contribution >= 0.6 is 0 Å². The first-order valence-electron chi connectivity index (χ1n) is 6.90. The highest BCUT2D eigenvalue weighted by Gasteiger charge is 2.07. The van der Waals surface area contributed by atoms with Crippen LogP contribution in [0.25, 0.3) is 0 Å². The molecule has 0 fully saturated rings. The first kappa shape index (κ1) is 16.0. The average Bonchev–Trinajstić information content (AvgIpc) is 2.46. The maximum atomic E-state index is 11.7. The van der Waals surface area contributed by atoms with Crippen molar-refractivity contribution in [3.8, 4) is 0 Å². The van der Waals surface area contributed by atoms with Gasteiger partial charge in [0.25, 0.3) is 0 Å². The fourth-order valence-corrected chi connectivity index (χ4v) is 1.77. The molecule has 5 heteroatoms.